The molecule has 0 atom stereocenters. The summed E-state index contributed by atoms with van der Waals surface area (Å²) >= 11 is 6.14. The normalized spacial score (nSPS) is 14.2. The van der Waals surface area contributed by atoms with E-state index >= 15 is 0 Å². The number of nitrogen functional groups attached to an aromatic ring is 1. The monoisotopic (exact) mass is 282 g/mol. The van der Waals surface area contributed by atoms with Gasteiger partial charge in [-0.2, -0.15) is 0 Å². The molecule has 104 valence electrons. The molecule has 4 nitrogen and oxygen atoms in total. The minimum absolute atomic E-state index is 0.388. The molecule has 1 aliphatic rings. The molecule has 0 heterocycles. The van der Waals surface area contributed by atoms with Gasteiger partial charge in [-0.25, -0.2) is 4.79 Å². The summed E-state index contributed by atoms with van der Waals surface area (Å²) in [5, 5.41) is 3.67. The molecule has 1 aliphatic carbocycles. The Kier molecular flexibility index (Phi) is 4.53. The molecule has 0 spiro atoms. The lowest BCUT2D eigenvalue weighted by atomic mass is 10.1. The molecular formula is C14H19ClN2O2. The first-order valence-electron chi connectivity index (χ1n) is 6.53. The molecule has 1 saturated carbocycles. The molecule has 0 amide bonds. The lowest BCUT2D eigenvalue weighted by Crippen LogP contribution is -2.11. The van der Waals surface area contributed by atoms with E-state index in [2.05, 4.69) is 5.32 Å². The Labute approximate surface area is 118 Å². The number of benzene rings is 1. The van der Waals surface area contributed by atoms with E-state index in [0.29, 0.717) is 22.0 Å². The van der Waals surface area contributed by atoms with Crippen molar-refractivity contribution < 1.29 is 9.53 Å². The molecule has 0 bridgehead atoms. The number of carbonyl (C=O) groups is 1. The maximum atomic E-state index is 11.7. The largest absolute Gasteiger partial charge is 0.465 e. The lowest BCUT2D eigenvalue weighted by Gasteiger charge is -2.13. The number of rotatable bonds is 6. The molecule has 1 aromatic rings. The first-order valence-corrected chi connectivity index (χ1v) is 6.91. The Morgan fingerprint density at radius 2 is 2.26 bits per heavy atom. The molecule has 0 unspecified atom stereocenters. The van der Waals surface area contributed by atoms with Crippen LogP contribution in [0.15, 0.2) is 12.1 Å². The van der Waals surface area contributed by atoms with Crippen LogP contribution in [0.5, 0.6) is 0 Å². The topological polar surface area (TPSA) is 64.3 Å². The van der Waals surface area contributed by atoms with Gasteiger partial charge >= 0.3 is 5.97 Å². The highest BCUT2D eigenvalue weighted by Crippen LogP contribution is 2.34. The Bertz CT molecular complexity index is 473. The molecule has 0 aliphatic heterocycles. The summed E-state index contributed by atoms with van der Waals surface area (Å²) in [6.07, 6.45) is 5.02. The van der Waals surface area contributed by atoms with E-state index in [1.165, 1.54) is 26.4 Å². The van der Waals surface area contributed by atoms with Crippen molar-refractivity contribution in [1.82, 2.24) is 0 Å². The number of methoxy groups -OCH3 is 1. The van der Waals surface area contributed by atoms with E-state index < -0.39 is 5.97 Å². The van der Waals surface area contributed by atoms with Gasteiger partial charge in [-0.05, 0) is 30.9 Å². The van der Waals surface area contributed by atoms with E-state index in [4.69, 9.17) is 22.1 Å². The predicted octanol–water partition coefficient (Wildman–Crippen LogP) is 3.31. The summed E-state index contributed by atoms with van der Waals surface area (Å²) in [5.74, 6) is 0.475. The van der Waals surface area contributed by atoms with E-state index in [0.717, 1.165) is 18.9 Å². The number of hydrogen-bond acceptors (Lipinski definition) is 4. The van der Waals surface area contributed by atoms with Crippen LogP contribution in [-0.4, -0.2) is 19.6 Å². The molecular weight excluding hydrogens is 264 g/mol. The minimum Gasteiger partial charge on any atom is -0.465 e. The zero-order valence-corrected chi connectivity index (χ0v) is 11.8. The maximum absolute atomic E-state index is 11.7. The van der Waals surface area contributed by atoms with Gasteiger partial charge in [0, 0.05) is 12.2 Å². The highest BCUT2D eigenvalue weighted by molar-refractivity contribution is 6.34. The fourth-order valence-corrected chi connectivity index (χ4v) is 2.38. The lowest BCUT2D eigenvalue weighted by molar-refractivity contribution is 0.0602. The quantitative estimate of drug-likeness (QED) is 0.477. The van der Waals surface area contributed by atoms with E-state index in [-0.39, 0.29) is 0 Å². The second-order valence-electron chi connectivity index (χ2n) is 4.93. The summed E-state index contributed by atoms with van der Waals surface area (Å²) in [7, 11) is 1.34. The number of ether oxygens (including phenoxy) is 1. The fourth-order valence-electron chi connectivity index (χ4n) is 2.09. The van der Waals surface area contributed by atoms with Crippen LogP contribution in [0, 0.1) is 5.92 Å². The van der Waals surface area contributed by atoms with Crippen molar-refractivity contribution in [3.63, 3.8) is 0 Å². The summed E-state index contributed by atoms with van der Waals surface area (Å²) in [4.78, 5) is 11.7. The van der Waals surface area contributed by atoms with Crippen LogP contribution < -0.4 is 11.1 Å². The summed E-state index contributed by atoms with van der Waals surface area (Å²) in [6.45, 7) is 0.796. The minimum atomic E-state index is -0.432. The first kappa shape index (κ1) is 14.0. The number of esters is 1. The van der Waals surface area contributed by atoms with Crippen molar-refractivity contribution in [2.75, 3.05) is 24.7 Å². The van der Waals surface area contributed by atoms with Gasteiger partial charge in [0.2, 0.25) is 0 Å². The molecule has 2 rings (SSSR count). The van der Waals surface area contributed by atoms with Crippen LogP contribution in [-0.2, 0) is 4.74 Å². The number of carbonyl (C=O) groups excluding carboxylic acids is 1. The number of anilines is 2. The molecule has 3 N–H and O–H groups in total. The molecule has 1 fully saturated rings. The standard InChI is InChI=1S/C14H19ClN2O2/c1-19-14(18)11-7-10(16)8-12(15)13(11)17-6-2-3-9-4-5-9/h7-9,17H,2-6,16H2,1H3. The molecule has 0 aromatic heterocycles. The average Bonchev–Trinajstić information content (AvgIpc) is 3.19. The number of halogens is 1. The molecule has 0 saturated heterocycles. The predicted molar refractivity (Wildman–Crippen MR) is 77.7 cm³/mol. The second-order valence-corrected chi connectivity index (χ2v) is 5.34. The van der Waals surface area contributed by atoms with Crippen LogP contribution in [0.1, 0.15) is 36.0 Å². The number of hydrogen-bond donors (Lipinski definition) is 2. The van der Waals surface area contributed by atoms with E-state index in [1.54, 1.807) is 12.1 Å². The van der Waals surface area contributed by atoms with E-state index in [9.17, 15) is 4.79 Å². The van der Waals surface area contributed by atoms with Gasteiger partial charge in [-0.15, -0.1) is 0 Å². The highest BCUT2D eigenvalue weighted by atomic mass is 35.5. The second kappa shape index (κ2) is 6.15. The van der Waals surface area contributed by atoms with Crippen molar-refractivity contribution in [3.8, 4) is 0 Å². The summed E-state index contributed by atoms with van der Waals surface area (Å²) in [6, 6.07) is 3.22. The van der Waals surface area contributed by atoms with Gasteiger partial charge in [0.25, 0.3) is 0 Å². The van der Waals surface area contributed by atoms with Crippen molar-refractivity contribution in [3.05, 3.63) is 22.7 Å². The van der Waals surface area contributed by atoms with Gasteiger partial charge in [-0.3, -0.25) is 0 Å². The summed E-state index contributed by atoms with van der Waals surface area (Å²) in [5.41, 5.74) is 7.15. The van der Waals surface area contributed by atoms with Crippen LogP contribution in [0.2, 0.25) is 5.02 Å². The maximum Gasteiger partial charge on any atom is 0.340 e. The number of nitrogens with one attached hydrogen (secondary N) is 1. The van der Waals surface area contributed by atoms with Gasteiger partial charge in [0.15, 0.2) is 0 Å². The average molecular weight is 283 g/mol. The first-order chi connectivity index (χ1) is 9.11. The SMILES string of the molecule is COC(=O)c1cc(N)cc(Cl)c1NCCCC1CC1. The Morgan fingerprint density at radius 3 is 2.89 bits per heavy atom. The van der Waals surface area contributed by atoms with Gasteiger partial charge in [0.1, 0.15) is 0 Å². The van der Waals surface area contributed by atoms with Crippen LogP contribution >= 0.6 is 11.6 Å². The molecule has 0 radical (unpaired) electrons. The van der Waals surface area contributed by atoms with Crippen molar-refractivity contribution in [2.24, 2.45) is 5.92 Å². The Balaban J connectivity index is 2.05. The van der Waals surface area contributed by atoms with Crippen molar-refractivity contribution >= 4 is 28.9 Å². The van der Waals surface area contributed by atoms with Crippen LogP contribution in [0.3, 0.4) is 0 Å². The summed E-state index contributed by atoms with van der Waals surface area (Å²) < 4.78 is 4.75. The zero-order chi connectivity index (χ0) is 13.8. The molecule has 5 heteroatoms. The zero-order valence-electron chi connectivity index (χ0n) is 11.0. The Hall–Kier alpha value is -1.42. The smallest absolute Gasteiger partial charge is 0.340 e. The van der Waals surface area contributed by atoms with Gasteiger partial charge < -0.3 is 15.8 Å². The van der Waals surface area contributed by atoms with Crippen molar-refractivity contribution in [2.45, 2.75) is 25.7 Å². The highest BCUT2D eigenvalue weighted by Gasteiger charge is 2.20. The van der Waals surface area contributed by atoms with Gasteiger partial charge in [0.05, 0.1) is 23.4 Å². The third-order valence-corrected chi connectivity index (χ3v) is 3.60. The molecule has 1 aromatic carbocycles. The number of nitrogens with two attached hydrogens (primary N) is 1. The fraction of sp³-hybridized carbons (Fsp3) is 0.500. The molecule has 19 heavy (non-hydrogen) atoms. The third-order valence-electron chi connectivity index (χ3n) is 3.31. The van der Waals surface area contributed by atoms with Crippen LogP contribution in [0.25, 0.3) is 0 Å². The van der Waals surface area contributed by atoms with Gasteiger partial charge in [-0.1, -0.05) is 24.4 Å². The third kappa shape index (κ3) is 3.77. The Morgan fingerprint density at radius 1 is 1.53 bits per heavy atom. The van der Waals surface area contributed by atoms with Crippen LogP contribution in [0.4, 0.5) is 11.4 Å². The van der Waals surface area contributed by atoms with E-state index in [1.807, 2.05) is 0 Å². The van der Waals surface area contributed by atoms with Crippen molar-refractivity contribution in [1.29, 1.82) is 0 Å².